The second-order valence-corrected chi connectivity index (χ2v) is 10.1. The smallest absolute Gasteiger partial charge is 0.415 e. The van der Waals surface area contributed by atoms with Crippen LogP contribution in [0.25, 0.3) is 11.1 Å². The lowest BCUT2D eigenvalue weighted by Gasteiger charge is -2.35. The average Bonchev–Trinajstić information content (AvgIpc) is 3.36. The summed E-state index contributed by atoms with van der Waals surface area (Å²) in [5.74, 6) is -3.53. The zero-order valence-corrected chi connectivity index (χ0v) is 22.3. The average molecular weight is 587 g/mol. The molecule has 0 aliphatic heterocycles. The molecule has 14 heteroatoms. The summed E-state index contributed by atoms with van der Waals surface area (Å²) >= 11 is 0. The molecule has 0 radical (unpaired) electrons. The van der Waals surface area contributed by atoms with Crippen LogP contribution in [0.1, 0.15) is 57.7 Å². The minimum atomic E-state index is -3.02. The third-order valence-electron chi connectivity index (χ3n) is 6.31. The van der Waals surface area contributed by atoms with Crippen LogP contribution in [0.4, 0.5) is 37.0 Å². The normalized spacial score (nSPS) is 15.0. The van der Waals surface area contributed by atoms with Crippen molar-refractivity contribution in [2.24, 2.45) is 0 Å². The number of unbranched alkanes of at least 4 members (excludes halogenated alkanes) is 2. The number of ether oxygens (including phenoxy) is 2. The minimum Gasteiger partial charge on any atom is -0.445 e. The number of benzene rings is 1. The van der Waals surface area contributed by atoms with Gasteiger partial charge in [0.2, 0.25) is 0 Å². The van der Waals surface area contributed by atoms with Gasteiger partial charge < -0.3 is 14.0 Å². The first-order valence-electron chi connectivity index (χ1n) is 12.9. The van der Waals surface area contributed by atoms with E-state index >= 15 is 0 Å². The van der Waals surface area contributed by atoms with Crippen molar-refractivity contribution in [1.82, 2.24) is 15.1 Å². The Kier molecular flexibility index (Phi) is 9.08. The molecule has 4 rings (SSSR count). The van der Waals surface area contributed by atoms with Gasteiger partial charge in [0, 0.05) is 31.4 Å². The molecule has 1 aliphatic rings. The number of aryl methyl sites for hydroxylation is 1. The van der Waals surface area contributed by atoms with Gasteiger partial charge >= 0.3 is 12.7 Å². The van der Waals surface area contributed by atoms with Crippen molar-refractivity contribution in [2.75, 3.05) is 11.4 Å². The Hall–Kier alpha value is -3.84. The van der Waals surface area contributed by atoms with Gasteiger partial charge in [0.05, 0.1) is 6.20 Å². The lowest BCUT2D eigenvalue weighted by atomic mass is 9.91. The molecule has 0 N–H and O–H groups in total. The Morgan fingerprint density at radius 2 is 1.88 bits per heavy atom. The number of halogens is 6. The first kappa shape index (κ1) is 30.1. The lowest BCUT2D eigenvalue weighted by Crippen LogP contribution is -2.45. The SMILES string of the molecule is CC(C)(F)c1nc(CCCCCN(C(=O)OC2CC(F)(F)C2)c2cc(-c3ccc(OC(F)F)cc3)c(F)cn2)no1. The van der Waals surface area contributed by atoms with Gasteiger partial charge in [-0.15, -0.1) is 0 Å². The molecule has 41 heavy (non-hydrogen) atoms. The number of hydrogen-bond donors (Lipinski definition) is 0. The number of amides is 1. The van der Waals surface area contributed by atoms with Crippen LogP contribution < -0.4 is 9.64 Å². The highest BCUT2D eigenvalue weighted by Gasteiger charge is 2.48. The molecule has 1 aliphatic carbocycles. The summed E-state index contributed by atoms with van der Waals surface area (Å²) in [6.45, 7) is -0.355. The maximum atomic E-state index is 14.7. The van der Waals surface area contributed by atoms with Gasteiger partial charge in [0.15, 0.2) is 11.5 Å². The van der Waals surface area contributed by atoms with Crippen LogP contribution in [0.5, 0.6) is 5.75 Å². The predicted octanol–water partition coefficient (Wildman–Crippen LogP) is 7.23. The largest absolute Gasteiger partial charge is 0.445 e. The van der Waals surface area contributed by atoms with Crippen molar-refractivity contribution in [2.45, 2.75) is 76.7 Å². The molecule has 0 atom stereocenters. The Labute approximate surface area is 231 Å². The maximum Gasteiger partial charge on any atom is 0.415 e. The first-order valence-corrected chi connectivity index (χ1v) is 12.9. The molecular formula is C27H28F6N4O4. The number of rotatable bonds is 12. The van der Waals surface area contributed by atoms with Crippen LogP contribution in [0.15, 0.2) is 41.1 Å². The second-order valence-electron chi connectivity index (χ2n) is 10.1. The standard InChI is InChI=1S/C27H28F6N4O4/c1-26(2,31)23-35-21(36-41-23)6-4-3-5-11-37(25(38)40-18-13-27(32,33)14-18)22-12-19(20(28)15-34-22)16-7-9-17(10-8-16)39-24(29)30/h7-10,12,15,18,24H,3-6,11,13-14H2,1-2H3. The zero-order valence-electron chi connectivity index (χ0n) is 22.3. The second kappa shape index (κ2) is 12.4. The van der Waals surface area contributed by atoms with E-state index in [1.807, 2.05) is 0 Å². The third kappa shape index (κ3) is 8.10. The number of hydrogen-bond acceptors (Lipinski definition) is 7. The quantitative estimate of drug-likeness (QED) is 0.163. The van der Waals surface area contributed by atoms with Crippen LogP contribution in [-0.2, 0) is 16.8 Å². The fraction of sp³-hybridized carbons (Fsp3) is 0.481. The topological polar surface area (TPSA) is 90.6 Å². The van der Waals surface area contributed by atoms with Crippen molar-refractivity contribution >= 4 is 11.9 Å². The summed E-state index contributed by atoms with van der Waals surface area (Å²) in [7, 11) is 0. The van der Waals surface area contributed by atoms with E-state index < -0.39 is 49.1 Å². The number of carbonyl (C=O) groups excluding carboxylic acids is 1. The molecule has 222 valence electrons. The first-order chi connectivity index (χ1) is 19.3. The fourth-order valence-corrected chi connectivity index (χ4v) is 4.13. The zero-order chi connectivity index (χ0) is 29.8. The number of pyridine rings is 1. The molecule has 2 aromatic heterocycles. The van der Waals surface area contributed by atoms with Crippen LogP contribution in [0, 0.1) is 5.82 Å². The molecule has 0 bridgehead atoms. The molecule has 3 aromatic rings. The van der Waals surface area contributed by atoms with Crippen LogP contribution >= 0.6 is 0 Å². The highest BCUT2D eigenvalue weighted by molar-refractivity contribution is 5.87. The summed E-state index contributed by atoms with van der Waals surface area (Å²) in [6.07, 6.45) is -0.222. The van der Waals surface area contributed by atoms with Gasteiger partial charge in [-0.2, -0.15) is 13.8 Å². The Morgan fingerprint density at radius 3 is 2.49 bits per heavy atom. The van der Waals surface area contributed by atoms with Crippen molar-refractivity contribution in [3.63, 3.8) is 0 Å². The summed E-state index contributed by atoms with van der Waals surface area (Å²) in [4.78, 5) is 22.2. The highest BCUT2D eigenvalue weighted by atomic mass is 19.3. The molecule has 0 spiro atoms. The monoisotopic (exact) mass is 586 g/mol. The molecule has 0 saturated heterocycles. The highest BCUT2D eigenvalue weighted by Crippen LogP contribution is 2.40. The Balaban J connectivity index is 1.45. The molecule has 1 saturated carbocycles. The molecular weight excluding hydrogens is 558 g/mol. The van der Waals surface area contributed by atoms with E-state index in [9.17, 15) is 31.1 Å². The summed E-state index contributed by atoms with van der Waals surface area (Å²) in [5.41, 5.74) is -1.44. The molecule has 0 unspecified atom stereocenters. The lowest BCUT2D eigenvalue weighted by molar-refractivity contribution is -0.143. The van der Waals surface area contributed by atoms with Crippen molar-refractivity contribution in [1.29, 1.82) is 0 Å². The van der Waals surface area contributed by atoms with Gasteiger partial charge in [0.1, 0.15) is 23.5 Å². The fourth-order valence-electron chi connectivity index (χ4n) is 4.13. The van der Waals surface area contributed by atoms with Crippen LogP contribution in [0.3, 0.4) is 0 Å². The minimum absolute atomic E-state index is 0.0124. The third-order valence-corrected chi connectivity index (χ3v) is 6.31. The van der Waals surface area contributed by atoms with Gasteiger partial charge in [-0.1, -0.05) is 23.7 Å². The molecule has 1 fully saturated rings. The van der Waals surface area contributed by atoms with Gasteiger partial charge in [0.25, 0.3) is 11.8 Å². The van der Waals surface area contributed by atoms with Gasteiger partial charge in [-0.05, 0) is 50.5 Å². The molecule has 1 amide bonds. The maximum absolute atomic E-state index is 14.7. The van der Waals surface area contributed by atoms with E-state index in [1.165, 1.54) is 44.2 Å². The summed E-state index contributed by atoms with van der Waals surface area (Å²) < 4.78 is 94.6. The van der Waals surface area contributed by atoms with E-state index in [0.717, 1.165) is 11.1 Å². The molecule has 2 heterocycles. The summed E-state index contributed by atoms with van der Waals surface area (Å²) in [5, 5.41) is 3.76. The van der Waals surface area contributed by atoms with Crippen LogP contribution in [-0.4, -0.2) is 46.4 Å². The van der Waals surface area contributed by atoms with Gasteiger partial charge in [-0.3, -0.25) is 4.90 Å². The molecule has 8 nitrogen and oxygen atoms in total. The van der Waals surface area contributed by atoms with Crippen molar-refractivity contribution in [3.8, 4) is 16.9 Å². The van der Waals surface area contributed by atoms with Crippen LogP contribution in [0.2, 0.25) is 0 Å². The number of carbonyl (C=O) groups is 1. The van der Waals surface area contributed by atoms with Gasteiger partial charge in [-0.25, -0.2) is 27.3 Å². The number of nitrogens with zero attached hydrogens (tertiary/aromatic N) is 4. The summed E-state index contributed by atoms with van der Waals surface area (Å²) in [6, 6.07) is 6.50. The van der Waals surface area contributed by atoms with E-state index in [-0.39, 0.29) is 29.6 Å². The Bertz CT molecular complexity index is 1320. The number of aromatic nitrogens is 3. The Morgan fingerprint density at radius 1 is 1.17 bits per heavy atom. The predicted molar refractivity (Wildman–Crippen MR) is 134 cm³/mol. The molecule has 1 aromatic carbocycles. The van der Waals surface area contributed by atoms with Crippen molar-refractivity contribution < 1.29 is 45.1 Å². The van der Waals surface area contributed by atoms with E-state index in [0.29, 0.717) is 37.1 Å². The number of alkyl halides is 5. The van der Waals surface area contributed by atoms with E-state index in [1.54, 1.807) is 0 Å². The van der Waals surface area contributed by atoms with E-state index in [4.69, 9.17) is 9.26 Å². The van der Waals surface area contributed by atoms with E-state index in [2.05, 4.69) is 19.9 Å². The number of anilines is 1. The van der Waals surface area contributed by atoms with Crippen molar-refractivity contribution in [3.05, 3.63) is 54.1 Å².